The third-order valence-corrected chi connectivity index (χ3v) is 5.55. The number of Topliss-reactive ketones (excluding diaryl/α,β-unsaturated/α-hetero) is 1. The van der Waals surface area contributed by atoms with E-state index in [0.717, 1.165) is 22.4 Å². The Morgan fingerprint density at radius 1 is 0.933 bits per heavy atom. The smallest absolute Gasteiger partial charge is 0.173 e. The molecule has 0 aliphatic carbocycles. The second-order valence-corrected chi connectivity index (χ2v) is 7.50. The molecule has 0 atom stereocenters. The predicted molar refractivity (Wildman–Crippen MR) is 119 cm³/mol. The summed E-state index contributed by atoms with van der Waals surface area (Å²) in [7, 11) is 0. The van der Waals surface area contributed by atoms with Gasteiger partial charge in [-0.25, -0.2) is 4.98 Å². The van der Waals surface area contributed by atoms with Crippen molar-refractivity contribution in [3.05, 3.63) is 102 Å². The molecule has 2 heterocycles. The minimum atomic E-state index is -0.000619. The first kappa shape index (κ1) is 19.6. The van der Waals surface area contributed by atoms with E-state index in [-0.39, 0.29) is 11.5 Å². The highest BCUT2D eigenvalue weighted by molar-refractivity contribution is 8.00. The molecular weight excluding hydrogens is 390 g/mol. The van der Waals surface area contributed by atoms with Crippen LogP contribution in [0.2, 0.25) is 0 Å². The second-order valence-electron chi connectivity index (χ2n) is 6.53. The molecule has 144 valence electrons. The van der Waals surface area contributed by atoms with Gasteiger partial charge in [-0.05, 0) is 23.8 Å². The van der Waals surface area contributed by atoms with E-state index in [2.05, 4.69) is 11.1 Å². The maximum Gasteiger partial charge on any atom is 0.173 e. The molecule has 4 nitrogen and oxygen atoms in total. The SMILES string of the molecule is N#Cc1c(-c2ccccc2)cc(-c2cccnc2)nc1SCC(=O)c1ccccc1. The molecule has 0 bridgehead atoms. The van der Waals surface area contributed by atoms with Crippen LogP contribution in [-0.2, 0) is 0 Å². The molecule has 4 aromatic rings. The van der Waals surface area contributed by atoms with Gasteiger partial charge in [0.15, 0.2) is 5.78 Å². The second kappa shape index (κ2) is 9.17. The average molecular weight is 407 g/mol. The highest BCUT2D eigenvalue weighted by atomic mass is 32.2. The Morgan fingerprint density at radius 2 is 1.63 bits per heavy atom. The number of carbonyl (C=O) groups excluding carboxylic acids is 1. The van der Waals surface area contributed by atoms with Crippen LogP contribution in [0.1, 0.15) is 15.9 Å². The van der Waals surface area contributed by atoms with Crippen LogP contribution >= 0.6 is 11.8 Å². The van der Waals surface area contributed by atoms with Crippen molar-refractivity contribution in [3.63, 3.8) is 0 Å². The summed E-state index contributed by atoms with van der Waals surface area (Å²) in [6.07, 6.45) is 3.45. The van der Waals surface area contributed by atoms with Gasteiger partial charge in [0.1, 0.15) is 11.1 Å². The van der Waals surface area contributed by atoms with E-state index in [9.17, 15) is 10.1 Å². The van der Waals surface area contributed by atoms with Crippen LogP contribution in [0.25, 0.3) is 22.4 Å². The molecule has 0 fully saturated rings. The van der Waals surface area contributed by atoms with Gasteiger partial charge >= 0.3 is 0 Å². The summed E-state index contributed by atoms with van der Waals surface area (Å²) in [5.74, 6) is 0.204. The number of benzene rings is 2. The van der Waals surface area contributed by atoms with Crippen molar-refractivity contribution < 1.29 is 4.79 Å². The molecule has 5 heteroatoms. The van der Waals surface area contributed by atoms with Crippen molar-refractivity contribution in [3.8, 4) is 28.5 Å². The summed E-state index contributed by atoms with van der Waals surface area (Å²) in [5.41, 5.74) is 4.42. The summed E-state index contributed by atoms with van der Waals surface area (Å²) in [4.78, 5) is 21.5. The first-order valence-corrected chi connectivity index (χ1v) is 10.4. The fourth-order valence-electron chi connectivity index (χ4n) is 3.08. The van der Waals surface area contributed by atoms with Gasteiger partial charge in [0.05, 0.1) is 17.0 Å². The van der Waals surface area contributed by atoms with Crippen molar-refractivity contribution >= 4 is 17.5 Å². The quantitative estimate of drug-likeness (QED) is 0.305. The summed E-state index contributed by atoms with van der Waals surface area (Å²) < 4.78 is 0. The summed E-state index contributed by atoms with van der Waals surface area (Å²) in [6.45, 7) is 0. The molecule has 30 heavy (non-hydrogen) atoms. The summed E-state index contributed by atoms with van der Waals surface area (Å²) in [6, 6.07) is 26.9. The van der Waals surface area contributed by atoms with Gasteiger partial charge in [-0.1, -0.05) is 72.4 Å². The van der Waals surface area contributed by atoms with Gasteiger partial charge in [-0.2, -0.15) is 5.26 Å². The molecule has 0 saturated heterocycles. The normalized spacial score (nSPS) is 10.4. The largest absolute Gasteiger partial charge is 0.293 e. The zero-order chi connectivity index (χ0) is 20.8. The Bertz CT molecular complexity index is 1200. The molecule has 0 aliphatic rings. The Balaban J connectivity index is 1.76. The van der Waals surface area contributed by atoms with E-state index in [1.807, 2.05) is 66.7 Å². The topological polar surface area (TPSA) is 66.6 Å². The minimum Gasteiger partial charge on any atom is -0.293 e. The number of pyridine rings is 2. The maximum absolute atomic E-state index is 12.6. The molecule has 0 N–H and O–H groups in total. The third kappa shape index (κ3) is 4.29. The maximum atomic E-state index is 12.6. The minimum absolute atomic E-state index is 0.000619. The molecular formula is C25H17N3OS. The Morgan fingerprint density at radius 3 is 2.30 bits per heavy atom. The first-order chi connectivity index (χ1) is 14.8. The van der Waals surface area contributed by atoms with Crippen molar-refractivity contribution in [1.82, 2.24) is 9.97 Å². The van der Waals surface area contributed by atoms with E-state index >= 15 is 0 Å². The fraction of sp³-hybridized carbons (Fsp3) is 0.0400. The molecule has 0 saturated carbocycles. The van der Waals surface area contributed by atoms with Crippen LogP contribution < -0.4 is 0 Å². The van der Waals surface area contributed by atoms with E-state index in [1.54, 1.807) is 24.5 Å². The summed E-state index contributed by atoms with van der Waals surface area (Å²) >= 11 is 1.29. The van der Waals surface area contributed by atoms with Crippen molar-refractivity contribution in [1.29, 1.82) is 5.26 Å². The monoisotopic (exact) mass is 407 g/mol. The van der Waals surface area contributed by atoms with E-state index in [4.69, 9.17) is 4.98 Å². The summed E-state index contributed by atoms with van der Waals surface area (Å²) in [5, 5.41) is 10.4. The number of ketones is 1. The lowest BCUT2D eigenvalue weighted by Gasteiger charge is -2.12. The Hall–Kier alpha value is -3.75. The Labute approximate surface area is 179 Å². The number of rotatable bonds is 6. The first-order valence-electron chi connectivity index (χ1n) is 9.38. The number of carbonyl (C=O) groups is 1. The van der Waals surface area contributed by atoms with E-state index in [1.165, 1.54) is 11.8 Å². The van der Waals surface area contributed by atoms with E-state index < -0.39 is 0 Å². The standard InChI is InChI=1S/C25H17N3OS/c26-15-22-21(18-8-3-1-4-9-18)14-23(20-12-7-13-27-16-20)28-25(22)30-17-24(29)19-10-5-2-6-11-19/h1-14,16H,17H2. The number of hydrogen-bond acceptors (Lipinski definition) is 5. The number of hydrogen-bond donors (Lipinski definition) is 0. The number of nitrogens with zero attached hydrogens (tertiary/aromatic N) is 3. The van der Waals surface area contributed by atoms with Crippen molar-refractivity contribution in [2.45, 2.75) is 5.03 Å². The van der Waals surface area contributed by atoms with Gasteiger partial charge in [-0.15, -0.1) is 0 Å². The zero-order valence-electron chi connectivity index (χ0n) is 16.0. The van der Waals surface area contributed by atoms with Crippen LogP contribution in [-0.4, -0.2) is 21.5 Å². The molecule has 4 rings (SSSR count). The highest BCUT2D eigenvalue weighted by Crippen LogP contribution is 2.34. The third-order valence-electron chi connectivity index (χ3n) is 4.58. The zero-order valence-corrected chi connectivity index (χ0v) is 16.8. The van der Waals surface area contributed by atoms with Crippen molar-refractivity contribution in [2.75, 3.05) is 5.75 Å². The van der Waals surface area contributed by atoms with Crippen LogP contribution in [0.15, 0.2) is 96.3 Å². The van der Waals surface area contributed by atoms with E-state index in [0.29, 0.717) is 16.2 Å². The molecule has 2 aromatic carbocycles. The van der Waals surface area contributed by atoms with Gasteiger partial charge in [0.2, 0.25) is 0 Å². The molecule has 0 unspecified atom stereocenters. The number of thioether (sulfide) groups is 1. The van der Waals surface area contributed by atoms with Gasteiger partial charge in [0.25, 0.3) is 0 Å². The van der Waals surface area contributed by atoms with Crippen LogP contribution in [0.4, 0.5) is 0 Å². The Kier molecular flexibility index (Phi) is 5.98. The van der Waals surface area contributed by atoms with Crippen LogP contribution in [0, 0.1) is 11.3 Å². The fourth-order valence-corrected chi connectivity index (χ4v) is 3.98. The molecule has 0 radical (unpaired) electrons. The van der Waals surface area contributed by atoms with Gasteiger partial charge < -0.3 is 0 Å². The molecule has 0 spiro atoms. The highest BCUT2D eigenvalue weighted by Gasteiger charge is 2.17. The lowest BCUT2D eigenvalue weighted by Crippen LogP contribution is -2.04. The lowest BCUT2D eigenvalue weighted by molar-refractivity contribution is 0.102. The van der Waals surface area contributed by atoms with Gasteiger partial charge in [-0.3, -0.25) is 9.78 Å². The number of nitriles is 1. The molecule has 0 aliphatic heterocycles. The predicted octanol–water partition coefficient (Wildman–Crippen LogP) is 5.66. The molecule has 0 amide bonds. The van der Waals surface area contributed by atoms with Crippen molar-refractivity contribution in [2.24, 2.45) is 0 Å². The molecule has 2 aromatic heterocycles. The van der Waals surface area contributed by atoms with Gasteiger partial charge in [0, 0.05) is 29.1 Å². The number of aromatic nitrogens is 2. The van der Waals surface area contributed by atoms with Crippen LogP contribution in [0.3, 0.4) is 0 Å². The van der Waals surface area contributed by atoms with Crippen LogP contribution in [0.5, 0.6) is 0 Å². The lowest BCUT2D eigenvalue weighted by atomic mass is 10.00. The average Bonchev–Trinajstić information content (AvgIpc) is 2.83.